The summed E-state index contributed by atoms with van der Waals surface area (Å²) in [5.74, 6) is -1.89. The maximum atomic E-state index is 13.2. The van der Waals surface area contributed by atoms with E-state index in [4.69, 9.17) is 14.2 Å². The van der Waals surface area contributed by atoms with Crippen molar-refractivity contribution in [1.82, 2.24) is 5.32 Å². The quantitative estimate of drug-likeness (QED) is 0.162. The van der Waals surface area contributed by atoms with E-state index in [0.29, 0.717) is 17.9 Å². The summed E-state index contributed by atoms with van der Waals surface area (Å²) in [7, 11) is 1.45. The molecule has 0 unspecified atom stereocenters. The predicted octanol–water partition coefficient (Wildman–Crippen LogP) is 5.48. The van der Waals surface area contributed by atoms with Gasteiger partial charge < -0.3 is 14.2 Å². The van der Waals surface area contributed by atoms with E-state index in [9.17, 15) is 37.7 Å². The van der Waals surface area contributed by atoms with Crippen molar-refractivity contribution < 1.29 is 46.7 Å². The first-order valence-corrected chi connectivity index (χ1v) is 11.8. The molecule has 41 heavy (non-hydrogen) atoms. The number of amides is 4. The Kier molecular flexibility index (Phi) is 7.94. The average molecular weight is 571 g/mol. The molecule has 4 amide bonds. The second-order valence-electron chi connectivity index (χ2n) is 8.33. The number of nitrogens with zero attached hydrogens (tertiary/aromatic N) is 2. The second-order valence-corrected chi connectivity index (χ2v) is 8.33. The Morgan fingerprint density at radius 1 is 0.976 bits per heavy atom. The van der Waals surface area contributed by atoms with Gasteiger partial charge in [-0.15, -0.1) is 0 Å². The van der Waals surface area contributed by atoms with E-state index in [2.05, 4.69) is 5.32 Å². The van der Waals surface area contributed by atoms with Crippen LogP contribution in [0.3, 0.4) is 0 Å². The highest BCUT2D eigenvalue weighted by Gasteiger charge is 2.37. The van der Waals surface area contributed by atoms with Gasteiger partial charge in [-0.25, -0.2) is 9.69 Å². The van der Waals surface area contributed by atoms with Crippen molar-refractivity contribution in [2.45, 2.75) is 13.1 Å². The zero-order chi connectivity index (χ0) is 29.9. The number of halogens is 3. The molecular weight excluding hydrogens is 551 g/mol. The van der Waals surface area contributed by atoms with Gasteiger partial charge in [0.15, 0.2) is 11.5 Å². The monoisotopic (exact) mass is 571 g/mol. The summed E-state index contributed by atoms with van der Waals surface area (Å²) >= 11 is 0. The summed E-state index contributed by atoms with van der Waals surface area (Å²) in [5, 5.41) is 13.5. The average Bonchev–Trinajstić information content (AvgIpc) is 2.92. The van der Waals surface area contributed by atoms with Gasteiger partial charge in [-0.1, -0.05) is 6.07 Å². The second kappa shape index (κ2) is 11.4. The molecule has 212 valence electrons. The van der Waals surface area contributed by atoms with Crippen molar-refractivity contribution in [1.29, 1.82) is 0 Å². The summed E-state index contributed by atoms with van der Waals surface area (Å²) in [6.07, 6.45) is -3.60. The summed E-state index contributed by atoms with van der Waals surface area (Å²) in [4.78, 5) is 49.4. The first-order valence-electron chi connectivity index (χ1n) is 11.8. The molecule has 0 bridgehead atoms. The number of imide groups is 2. The minimum Gasteiger partial charge on any atom is -0.497 e. The summed E-state index contributed by atoms with van der Waals surface area (Å²) in [6, 6.07) is 10.9. The summed E-state index contributed by atoms with van der Waals surface area (Å²) in [5.41, 5.74) is -2.08. The number of nitrogens with one attached hydrogen (secondary N) is 1. The Bertz CT molecular complexity index is 1570. The third-order valence-corrected chi connectivity index (χ3v) is 5.71. The predicted molar refractivity (Wildman–Crippen MR) is 138 cm³/mol. The van der Waals surface area contributed by atoms with Gasteiger partial charge in [0.05, 0.1) is 29.9 Å². The van der Waals surface area contributed by atoms with Crippen LogP contribution in [0.2, 0.25) is 0 Å². The molecule has 0 atom stereocenters. The van der Waals surface area contributed by atoms with Crippen LogP contribution in [0.4, 0.5) is 29.3 Å². The number of ether oxygens (including phenoxy) is 3. The molecular formula is C27H20F3N3O8. The maximum Gasteiger partial charge on any atom is 0.416 e. The third kappa shape index (κ3) is 6.11. The van der Waals surface area contributed by atoms with Crippen LogP contribution in [-0.2, 0) is 15.8 Å². The molecule has 4 rings (SSSR count). The molecule has 11 nitrogen and oxygen atoms in total. The van der Waals surface area contributed by atoms with E-state index in [0.717, 1.165) is 11.0 Å². The van der Waals surface area contributed by atoms with Crippen LogP contribution in [0.25, 0.3) is 6.08 Å². The lowest BCUT2D eigenvalue weighted by atomic mass is 10.1. The summed E-state index contributed by atoms with van der Waals surface area (Å²) in [6.45, 7) is 1.73. The zero-order valence-electron chi connectivity index (χ0n) is 21.4. The molecule has 1 aliphatic rings. The van der Waals surface area contributed by atoms with Crippen molar-refractivity contribution in [2.24, 2.45) is 0 Å². The van der Waals surface area contributed by atoms with Gasteiger partial charge in [0.2, 0.25) is 5.75 Å². The number of alkyl halides is 3. The first-order chi connectivity index (χ1) is 19.4. The Labute approximate surface area is 229 Å². The molecule has 0 aromatic heterocycles. The third-order valence-electron chi connectivity index (χ3n) is 5.71. The van der Waals surface area contributed by atoms with Crippen LogP contribution in [0.15, 0.2) is 66.2 Å². The van der Waals surface area contributed by atoms with Crippen LogP contribution in [-0.4, -0.2) is 36.5 Å². The maximum absolute atomic E-state index is 13.2. The van der Waals surface area contributed by atoms with Gasteiger partial charge in [0.1, 0.15) is 11.3 Å². The lowest BCUT2D eigenvalue weighted by Crippen LogP contribution is -2.54. The lowest BCUT2D eigenvalue weighted by Gasteiger charge is -2.26. The molecule has 1 N–H and O–H groups in total. The smallest absolute Gasteiger partial charge is 0.416 e. The fourth-order valence-electron chi connectivity index (χ4n) is 3.80. The van der Waals surface area contributed by atoms with E-state index < -0.39 is 45.9 Å². The number of carbonyl (C=O) groups is 3. The Balaban J connectivity index is 1.68. The molecule has 1 saturated heterocycles. The van der Waals surface area contributed by atoms with Gasteiger partial charge in [-0.2, -0.15) is 13.2 Å². The van der Waals surface area contributed by atoms with E-state index >= 15 is 0 Å². The molecule has 1 heterocycles. The number of barbiturate groups is 1. The SMILES string of the molecule is CCOc1cc(/C=C2\C(=O)NC(=O)N(c3ccc(OC)cc3)C2=O)ccc1Oc1ccc(C(F)(F)F)cc1[N+](=O)[O-]. The standard InChI is InChI=1S/C27H20F3N3O8/c1-3-40-23-13-15(4-10-22(23)41-21-11-5-16(27(28,29)30)14-20(21)33(37)38)12-19-24(34)31-26(36)32(25(19)35)17-6-8-18(39-2)9-7-17/h4-14H,3H2,1-2H3,(H,31,34,36)/b19-12+. The number of rotatable bonds is 8. The molecule has 0 aliphatic carbocycles. The molecule has 1 fully saturated rings. The topological polar surface area (TPSA) is 137 Å². The fraction of sp³-hybridized carbons (Fsp3) is 0.148. The van der Waals surface area contributed by atoms with Gasteiger partial charge in [0, 0.05) is 6.07 Å². The van der Waals surface area contributed by atoms with Crippen molar-refractivity contribution >= 4 is 35.3 Å². The highest BCUT2D eigenvalue weighted by atomic mass is 19.4. The van der Waals surface area contributed by atoms with Gasteiger partial charge in [-0.3, -0.25) is 25.0 Å². The highest BCUT2D eigenvalue weighted by molar-refractivity contribution is 6.39. The number of urea groups is 1. The minimum atomic E-state index is -4.80. The van der Waals surface area contributed by atoms with Crippen LogP contribution in [0.1, 0.15) is 18.1 Å². The number of nitro benzene ring substituents is 1. The Hall–Kier alpha value is -5.40. The minimum absolute atomic E-state index is 0.0165. The van der Waals surface area contributed by atoms with Crippen LogP contribution in [0, 0.1) is 10.1 Å². The molecule has 0 radical (unpaired) electrons. The lowest BCUT2D eigenvalue weighted by molar-refractivity contribution is -0.385. The van der Waals surface area contributed by atoms with Crippen LogP contribution < -0.4 is 24.4 Å². The van der Waals surface area contributed by atoms with Gasteiger partial charge in [0.25, 0.3) is 11.8 Å². The van der Waals surface area contributed by atoms with Gasteiger partial charge in [-0.05, 0) is 67.1 Å². The van der Waals surface area contributed by atoms with Crippen molar-refractivity contribution in [2.75, 3.05) is 18.6 Å². The number of carbonyl (C=O) groups excluding carboxylic acids is 3. The van der Waals surface area contributed by atoms with Crippen molar-refractivity contribution in [3.05, 3.63) is 87.5 Å². The number of hydrogen-bond donors (Lipinski definition) is 1. The number of benzene rings is 3. The molecule has 3 aromatic carbocycles. The van der Waals surface area contributed by atoms with E-state index in [1.165, 1.54) is 55.7 Å². The normalized spacial score (nSPS) is 14.6. The van der Waals surface area contributed by atoms with Crippen molar-refractivity contribution in [3.8, 4) is 23.0 Å². The fourth-order valence-corrected chi connectivity index (χ4v) is 3.80. The molecule has 3 aromatic rings. The van der Waals surface area contributed by atoms with Gasteiger partial charge >= 0.3 is 17.9 Å². The van der Waals surface area contributed by atoms with E-state index in [1.54, 1.807) is 6.92 Å². The van der Waals surface area contributed by atoms with Crippen molar-refractivity contribution in [3.63, 3.8) is 0 Å². The zero-order valence-corrected chi connectivity index (χ0v) is 21.4. The molecule has 14 heteroatoms. The number of methoxy groups -OCH3 is 1. The first kappa shape index (κ1) is 28.6. The summed E-state index contributed by atoms with van der Waals surface area (Å²) < 4.78 is 55.3. The van der Waals surface area contributed by atoms with Crippen LogP contribution in [0.5, 0.6) is 23.0 Å². The highest BCUT2D eigenvalue weighted by Crippen LogP contribution is 2.40. The number of anilines is 1. The Morgan fingerprint density at radius 2 is 1.66 bits per heavy atom. The largest absolute Gasteiger partial charge is 0.497 e. The number of hydrogen-bond acceptors (Lipinski definition) is 8. The molecule has 0 saturated carbocycles. The van der Waals surface area contributed by atoms with E-state index in [1.807, 2.05) is 0 Å². The molecule has 1 aliphatic heterocycles. The van der Waals surface area contributed by atoms with E-state index in [-0.39, 0.29) is 34.9 Å². The number of nitro groups is 1. The Morgan fingerprint density at radius 3 is 2.27 bits per heavy atom. The molecule has 0 spiro atoms. The van der Waals surface area contributed by atoms with Crippen LogP contribution >= 0.6 is 0 Å².